The number of sulfonamides is 1. The number of anilines is 1. The van der Waals surface area contributed by atoms with Gasteiger partial charge in [-0.05, 0) is 19.1 Å². The molecule has 0 spiro atoms. The van der Waals surface area contributed by atoms with Crippen LogP contribution in [-0.4, -0.2) is 13.6 Å². The van der Waals surface area contributed by atoms with Crippen molar-refractivity contribution in [2.75, 3.05) is 9.93 Å². The Labute approximate surface area is 86.9 Å². The van der Waals surface area contributed by atoms with Gasteiger partial charge < -0.3 is 0 Å². The summed E-state index contributed by atoms with van der Waals surface area (Å²) in [5.41, 5.74) is 0.465. The van der Waals surface area contributed by atoms with Gasteiger partial charge in [-0.2, -0.15) is 0 Å². The van der Waals surface area contributed by atoms with E-state index in [4.69, 9.17) is 11.6 Å². The van der Waals surface area contributed by atoms with Crippen molar-refractivity contribution < 1.29 is 12.8 Å². The number of alkyl halides is 1. The van der Waals surface area contributed by atoms with Crippen molar-refractivity contribution in [3.05, 3.63) is 29.6 Å². The van der Waals surface area contributed by atoms with Crippen LogP contribution in [0.4, 0.5) is 10.1 Å². The van der Waals surface area contributed by atoms with Crippen molar-refractivity contribution >= 4 is 27.3 Å². The van der Waals surface area contributed by atoms with Gasteiger partial charge in [-0.25, -0.2) is 12.8 Å². The van der Waals surface area contributed by atoms with E-state index in [-0.39, 0.29) is 11.3 Å². The third kappa shape index (κ3) is 2.59. The van der Waals surface area contributed by atoms with Gasteiger partial charge in [0.1, 0.15) is 11.0 Å². The number of hydrogen-bond donors (Lipinski definition) is 1. The second kappa shape index (κ2) is 4.14. The zero-order chi connectivity index (χ0) is 10.8. The summed E-state index contributed by atoms with van der Waals surface area (Å²) < 4.78 is 37.3. The first-order valence-corrected chi connectivity index (χ1v) is 5.96. The van der Waals surface area contributed by atoms with Gasteiger partial charge >= 0.3 is 0 Å². The number of benzene rings is 1. The maximum absolute atomic E-state index is 13.0. The Morgan fingerprint density at radius 2 is 2.14 bits per heavy atom. The summed E-state index contributed by atoms with van der Waals surface area (Å²) in [6, 6.07) is 4.16. The fourth-order valence-electron chi connectivity index (χ4n) is 0.913. The molecule has 0 saturated heterocycles. The normalized spacial score (nSPS) is 11.4. The van der Waals surface area contributed by atoms with E-state index in [9.17, 15) is 12.8 Å². The van der Waals surface area contributed by atoms with Crippen LogP contribution in [0.1, 0.15) is 5.56 Å². The van der Waals surface area contributed by atoms with Gasteiger partial charge in [-0.15, -0.1) is 11.6 Å². The van der Waals surface area contributed by atoms with Crippen LogP contribution < -0.4 is 4.72 Å². The zero-order valence-electron chi connectivity index (χ0n) is 7.42. The van der Waals surface area contributed by atoms with Gasteiger partial charge in [0.15, 0.2) is 0 Å². The van der Waals surface area contributed by atoms with Crippen LogP contribution in [0.15, 0.2) is 18.2 Å². The van der Waals surface area contributed by atoms with Gasteiger partial charge in [0.25, 0.3) is 0 Å². The number of hydrogen-bond acceptors (Lipinski definition) is 2. The smallest absolute Gasteiger partial charge is 0.246 e. The summed E-state index contributed by atoms with van der Waals surface area (Å²) in [5.74, 6) is -0.459. The Kier molecular flexibility index (Phi) is 3.34. The highest BCUT2D eigenvalue weighted by molar-refractivity contribution is 7.93. The second-order valence-corrected chi connectivity index (χ2v) is 5.04. The van der Waals surface area contributed by atoms with E-state index in [1.807, 2.05) is 0 Å². The van der Waals surface area contributed by atoms with Crippen LogP contribution >= 0.6 is 11.6 Å². The third-order valence-electron chi connectivity index (χ3n) is 1.68. The first-order chi connectivity index (χ1) is 6.46. The summed E-state index contributed by atoms with van der Waals surface area (Å²) in [4.78, 5) is 0. The van der Waals surface area contributed by atoms with E-state index in [1.54, 1.807) is 0 Å². The molecule has 0 bridgehead atoms. The van der Waals surface area contributed by atoms with Crippen molar-refractivity contribution in [1.29, 1.82) is 0 Å². The predicted molar refractivity (Wildman–Crippen MR) is 54.4 cm³/mol. The number of halogens is 2. The molecular formula is C8H9ClFNO2S. The number of nitrogens with one attached hydrogen (secondary N) is 1. The molecule has 0 unspecified atom stereocenters. The monoisotopic (exact) mass is 237 g/mol. The summed E-state index contributed by atoms with van der Waals surface area (Å²) >= 11 is 5.19. The lowest BCUT2D eigenvalue weighted by atomic mass is 10.2. The molecule has 0 aliphatic carbocycles. The van der Waals surface area contributed by atoms with Crippen LogP contribution in [0.5, 0.6) is 0 Å². The molecule has 0 saturated carbocycles. The van der Waals surface area contributed by atoms with Crippen molar-refractivity contribution in [1.82, 2.24) is 0 Å². The molecule has 1 rings (SSSR count). The Hall–Kier alpha value is -0.810. The molecule has 0 fully saturated rings. The second-order valence-electron chi connectivity index (χ2n) is 2.74. The molecule has 1 aromatic rings. The molecule has 6 heteroatoms. The van der Waals surface area contributed by atoms with Crippen molar-refractivity contribution in [2.45, 2.75) is 6.92 Å². The van der Waals surface area contributed by atoms with Crippen molar-refractivity contribution in [3.8, 4) is 0 Å². The minimum Gasteiger partial charge on any atom is -0.282 e. The molecule has 78 valence electrons. The summed E-state index contributed by atoms with van der Waals surface area (Å²) in [6.07, 6.45) is 0. The lowest BCUT2D eigenvalue weighted by molar-refractivity contribution is 0.605. The van der Waals surface area contributed by atoms with Gasteiger partial charge in [-0.1, -0.05) is 6.07 Å². The molecule has 0 aliphatic heterocycles. The van der Waals surface area contributed by atoms with E-state index in [2.05, 4.69) is 4.72 Å². The lowest BCUT2D eigenvalue weighted by Crippen LogP contribution is -2.14. The van der Waals surface area contributed by atoms with E-state index in [0.717, 1.165) is 0 Å². The zero-order valence-corrected chi connectivity index (χ0v) is 8.99. The van der Waals surface area contributed by atoms with Crippen LogP contribution in [0.25, 0.3) is 0 Å². The molecule has 0 heterocycles. The fourth-order valence-corrected chi connectivity index (χ4v) is 1.69. The maximum atomic E-state index is 13.0. The van der Waals surface area contributed by atoms with Gasteiger partial charge in [0.05, 0.1) is 5.69 Å². The van der Waals surface area contributed by atoms with E-state index in [1.165, 1.54) is 25.1 Å². The van der Waals surface area contributed by atoms with Crippen LogP contribution in [0, 0.1) is 12.7 Å². The molecule has 14 heavy (non-hydrogen) atoms. The Morgan fingerprint density at radius 1 is 1.50 bits per heavy atom. The SMILES string of the molecule is Cc1c(F)cccc1NS(=O)(=O)CCl. The molecule has 0 aromatic heterocycles. The molecule has 0 amide bonds. The molecule has 0 aliphatic rings. The van der Waals surface area contributed by atoms with Gasteiger partial charge in [0.2, 0.25) is 10.0 Å². The average Bonchev–Trinajstić information content (AvgIpc) is 2.13. The van der Waals surface area contributed by atoms with Gasteiger partial charge in [-0.3, -0.25) is 4.72 Å². The highest BCUT2D eigenvalue weighted by Crippen LogP contribution is 2.18. The lowest BCUT2D eigenvalue weighted by Gasteiger charge is -2.08. The summed E-state index contributed by atoms with van der Waals surface area (Å²) in [7, 11) is -3.56. The third-order valence-corrected chi connectivity index (χ3v) is 3.36. The fraction of sp³-hybridized carbons (Fsp3) is 0.250. The minimum atomic E-state index is -3.56. The van der Waals surface area contributed by atoms with Crippen molar-refractivity contribution in [3.63, 3.8) is 0 Å². The maximum Gasteiger partial charge on any atom is 0.246 e. The Morgan fingerprint density at radius 3 is 2.71 bits per heavy atom. The molecule has 0 atom stereocenters. The van der Waals surface area contributed by atoms with E-state index < -0.39 is 21.1 Å². The largest absolute Gasteiger partial charge is 0.282 e. The number of rotatable bonds is 3. The average molecular weight is 238 g/mol. The molecule has 0 radical (unpaired) electrons. The summed E-state index contributed by atoms with van der Waals surface area (Å²) in [6.45, 7) is 1.49. The Bertz CT molecular complexity index is 433. The van der Waals surface area contributed by atoms with E-state index in [0.29, 0.717) is 0 Å². The van der Waals surface area contributed by atoms with Crippen LogP contribution in [0.2, 0.25) is 0 Å². The Balaban J connectivity index is 3.05. The van der Waals surface area contributed by atoms with E-state index >= 15 is 0 Å². The van der Waals surface area contributed by atoms with Gasteiger partial charge in [0, 0.05) is 5.56 Å². The van der Waals surface area contributed by atoms with Crippen molar-refractivity contribution in [2.24, 2.45) is 0 Å². The highest BCUT2D eigenvalue weighted by atomic mass is 35.5. The highest BCUT2D eigenvalue weighted by Gasteiger charge is 2.11. The predicted octanol–water partition coefficient (Wildman–Crippen LogP) is 2.07. The molecular weight excluding hydrogens is 229 g/mol. The van der Waals surface area contributed by atoms with Crippen LogP contribution in [-0.2, 0) is 10.0 Å². The molecule has 1 N–H and O–H groups in total. The molecule has 3 nitrogen and oxygen atoms in total. The standard InChI is InChI=1S/C8H9ClFNO2S/c1-6-7(10)3-2-4-8(6)11-14(12,13)5-9/h2-4,11H,5H2,1H3. The van der Waals surface area contributed by atoms with Crippen LogP contribution in [0.3, 0.4) is 0 Å². The first-order valence-electron chi connectivity index (χ1n) is 3.78. The molecule has 1 aromatic carbocycles. The first kappa shape index (κ1) is 11.3. The summed E-state index contributed by atoms with van der Waals surface area (Å²) in [5, 5.41) is -0.553. The topological polar surface area (TPSA) is 46.2 Å². The quantitative estimate of drug-likeness (QED) is 0.818. The minimum absolute atomic E-state index is 0.214.